The normalized spacial score (nSPS) is 12.9. The molecule has 0 amide bonds. The van der Waals surface area contributed by atoms with Crippen molar-refractivity contribution in [1.29, 1.82) is 0 Å². The summed E-state index contributed by atoms with van der Waals surface area (Å²) in [5.41, 5.74) is 14.7. The third-order valence-electron chi connectivity index (χ3n) is 16.8. The van der Waals surface area contributed by atoms with E-state index in [1.165, 1.54) is 46.5 Å². The van der Waals surface area contributed by atoms with Crippen LogP contribution in [0.25, 0.3) is 77.2 Å². The van der Waals surface area contributed by atoms with E-state index < -0.39 is 11.6 Å². The van der Waals surface area contributed by atoms with Crippen LogP contribution in [0, 0.1) is 39.3 Å². The number of aryl methyl sites for hydroxylation is 4. The highest BCUT2D eigenvalue weighted by Gasteiger charge is 2.30. The molecule has 0 aliphatic heterocycles. The van der Waals surface area contributed by atoms with E-state index in [9.17, 15) is 10.2 Å². The van der Waals surface area contributed by atoms with Crippen molar-refractivity contribution < 1.29 is 28.5 Å². The maximum absolute atomic E-state index is 16.0. The SMILES string of the molecule is Cc1ccc2c(c1)c1cc(C)c(C(C)(C)C)cc1n2-c1cc(C(C)(C)C)cc(-c2cc(F)cc(C)c2OCCCOc2c(C)cc(F)cc2-c2cc(C(C)(C)C)cc(-n3c4cc(C(C)(C)C)ccc4c4ccc(C(C)(C)C)cc43)c2O)c1O. The Balaban J connectivity index is 1.03. The van der Waals surface area contributed by atoms with Crippen molar-refractivity contribution in [1.82, 2.24) is 9.13 Å². The van der Waals surface area contributed by atoms with Gasteiger partial charge in [0.15, 0.2) is 0 Å². The number of halogens is 2. The maximum Gasteiger partial charge on any atom is 0.147 e. The lowest BCUT2D eigenvalue weighted by molar-refractivity contribution is 0.246. The van der Waals surface area contributed by atoms with Gasteiger partial charge in [-0.3, -0.25) is 0 Å². The van der Waals surface area contributed by atoms with E-state index in [-0.39, 0.29) is 51.8 Å². The van der Waals surface area contributed by atoms with Crippen LogP contribution in [0.1, 0.15) is 160 Å². The molecule has 0 atom stereocenters. The van der Waals surface area contributed by atoms with Crippen LogP contribution in [0.4, 0.5) is 8.78 Å². The smallest absolute Gasteiger partial charge is 0.147 e. The predicted molar refractivity (Wildman–Crippen MR) is 344 cm³/mol. The third kappa shape index (κ3) is 10.9. The summed E-state index contributed by atoms with van der Waals surface area (Å²) in [6, 6.07) is 38.2. The molecule has 0 spiro atoms. The minimum atomic E-state index is -0.448. The first-order valence-corrected chi connectivity index (χ1v) is 29.4. The Hall–Kier alpha value is -7.58. The number of hydrogen-bond donors (Lipinski definition) is 2. The Labute approximate surface area is 490 Å². The second-order valence-electron chi connectivity index (χ2n) is 28.6. The van der Waals surface area contributed by atoms with Gasteiger partial charge in [0.2, 0.25) is 0 Å². The first kappa shape index (κ1) is 58.6. The number of aromatic nitrogens is 2. The Kier molecular flexibility index (Phi) is 14.6. The first-order chi connectivity index (χ1) is 38.6. The van der Waals surface area contributed by atoms with Crippen molar-refractivity contribution in [3.05, 3.63) is 177 Å². The lowest BCUT2D eigenvalue weighted by Crippen LogP contribution is -2.14. The molecule has 0 bridgehead atoms. The van der Waals surface area contributed by atoms with Gasteiger partial charge in [-0.25, -0.2) is 8.78 Å². The van der Waals surface area contributed by atoms with Gasteiger partial charge in [0.25, 0.3) is 0 Å². The van der Waals surface area contributed by atoms with Crippen LogP contribution in [0.15, 0.2) is 115 Å². The quantitative estimate of drug-likeness (QED) is 0.134. The van der Waals surface area contributed by atoms with Crippen LogP contribution < -0.4 is 9.47 Å². The summed E-state index contributed by atoms with van der Waals surface area (Å²) in [7, 11) is 0. The summed E-state index contributed by atoms with van der Waals surface area (Å²) in [4.78, 5) is 0. The standard InChI is InChI=1S/C75H84F2N2O4/c1-42-21-26-61-54(29-42)55-32-43(2)60(75(17,18)19)41-64(55)78(61)65-37-48(73(11,12)13)33-56(67(65)80)58-39-50(76)30-44(3)69(58)82-27-20-28-83-70-45(4)31-51(77)40-59(70)57-34-49(74(14,15)16)38-66(68(57)81)79-62-35-46(71(5,6)7)22-24-52(62)53-25-23-47(36-63(53)79)72(8,9)10/h21-26,29-41,80-81H,20,27-28H2,1-19H3. The Bertz CT molecular complexity index is 4160. The lowest BCUT2D eigenvalue weighted by Gasteiger charge is -2.25. The molecule has 0 radical (unpaired) electrons. The summed E-state index contributed by atoms with van der Waals surface area (Å²) in [5.74, 6) is 0.0269. The van der Waals surface area contributed by atoms with Gasteiger partial charge in [0, 0.05) is 50.2 Å². The fourth-order valence-corrected chi connectivity index (χ4v) is 12.1. The monoisotopic (exact) mass is 1110 g/mol. The summed E-state index contributed by atoms with van der Waals surface area (Å²) in [5, 5.41) is 30.1. The van der Waals surface area contributed by atoms with E-state index in [1.54, 1.807) is 0 Å². The highest BCUT2D eigenvalue weighted by Crippen LogP contribution is 2.49. The van der Waals surface area contributed by atoms with Gasteiger partial charge in [0.1, 0.15) is 34.6 Å². The number of nitrogens with zero attached hydrogens (tertiary/aromatic N) is 2. The average Bonchev–Trinajstić information content (AvgIpc) is 2.39. The molecular formula is C75H84F2N2O4. The van der Waals surface area contributed by atoms with E-state index in [2.05, 4.69) is 206 Å². The molecule has 0 unspecified atom stereocenters. The van der Waals surface area contributed by atoms with Gasteiger partial charge in [-0.2, -0.15) is 0 Å². The Morgan fingerprint density at radius 2 is 0.783 bits per heavy atom. The molecule has 2 heterocycles. The van der Waals surface area contributed by atoms with Crippen LogP contribution in [0.2, 0.25) is 0 Å². The Morgan fingerprint density at radius 3 is 1.20 bits per heavy atom. The Morgan fingerprint density at radius 1 is 0.373 bits per heavy atom. The minimum absolute atomic E-state index is 0.0107. The molecule has 0 saturated carbocycles. The summed E-state index contributed by atoms with van der Waals surface area (Å²) < 4.78 is 49.7. The zero-order valence-electron chi connectivity index (χ0n) is 52.5. The molecule has 0 aliphatic carbocycles. The van der Waals surface area contributed by atoms with Crippen molar-refractivity contribution in [3.63, 3.8) is 0 Å². The van der Waals surface area contributed by atoms with E-state index in [4.69, 9.17) is 9.47 Å². The molecule has 6 nitrogen and oxygen atoms in total. The molecule has 2 aromatic heterocycles. The second kappa shape index (κ2) is 20.6. The number of hydrogen-bond acceptors (Lipinski definition) is 4. The van der Waals surface area contributed by atoms with Gasteiger partial charge < -0.3 is 28.8 Å². The van der Waals surface area contributed by atoms with Gasteiger partial charge in [-0.15, -0.1) is 0 Å². The van der Waals surface area contributed by atoms with Crippen LogP contribution >= 0.6 is 0 Å². The van der Waals surface area contributed by atoms with E-state index >= 15 is 8.78 Å². The molecule has 8 aromatic carbocycles. The van der Waals surface area contributed by atoms with Crippen LogP contribution in [-0.2, 0) is 27.1 Å². The number of fused-ring (bicyclic) bond motifs is 6. The highest BCUT2D eigenvalue weighted by molar-refractivity contribution is 6.11. The maximum atomic E-state index is 16.0. The molecule has 83 heavy (non-hydrogen) atoms. The summed E-state index contributed by atoms with van der Waals surface area (Å²) >= 11 is 0. The summed E-state index contributed by atoms with van der Waals surface area (Å²) in [6.07, 6.45) is 0.398. The van der Waals surface area contributed by atoms with Crippen molar-refractivity contribution in [2.75, 3.05) is 13.2 Å². The topological polar surface area (TPSA) is 68.8 Å². The molecule has 2 N–H and O–H groups in total. The van der Waals surface area contributed by atoms with Gasteiger partial charge in [-0.1, -0.05) is 140 Å². The van der Waals surface area contributed by atoms with Gasteiger partial charge in [-0.05, 0) is 184 Å². The molecule has 10 rings (SSSR count). The van der Waals surface area contributed by atoms with E-state index in [0.717, 1.165) is 60.3 Å². The zero-order valence-corrected chi connectivity index (χ0v) is 52.5. The number of phenolic OH excluding ortho intramolecular Hbond substituents is 2. The largest absolute Gasteiger partial charge is 0.505 e. The minimum Gasteiger partial charge on any atom is -0.505 e. The number of ether oxygens (including phenoxy) is 2. The van der Waals surface area contributed by atoms with Crippen LogP contribution in [-0.4, -0.2) is 32.6 Å². The summed E-state index contributed by atoms with van der Waals surface area (Å²) in [6.45, 7) is 41.1. The third-order valence-corrected chi connectivity index (χ3v) is 16.8. The fraction of sp³-hybridized carbons (Fsp3) is 0.360. The number of rotatable bonds is 10. The van der Waals surface area contributed by atoms with E-state index in [0.29, 0.717) is 62.7 Å². The number of benzene rings is 8. The first-order valence-electron chi connectivity index (χ1n) is 29.4. The van der Waals surface area contributed by atoms with Crippen LogP contribution in [0.3, 0.4) is 0 Å². The molecule has 432 valence electrons. The number of phenols is 2. The van der Waals surface area contributed by atoms with Gasteiger partial charge >= 0.3 is 0 Å². The average molecular weight is 1120 g/mol. The molecule has 0 fully saturated rings. The van der Waals surface area contributed by atoms with E-state index in [1.807, 2.05) is 26.0 Å². The fourth-order valence-electron chi connectivity index (χ4n) is 12.1. The van der Waals surface area contributed by atoms with Crippen molar-refractivity contribution in [2.45, 2.75) is 165 Å². The second-order valence-corrected chi connectivity index (χ2v) is 28.6. The number of aromatic hydroxyl groups is 2. The van der Waals surface area contributed by atoms with Crippen molar-refractivity contribution in [3.8, 4) is 56.6 Å². The van der Waals surface area contributed by atoms with Crippen molar-refractivity contribution >= 4 is 43.6 Å². The highest BCUT2D eigenvalue weighted by atomic mass is 19.1. The van der Waals surface area contributed by atoms with Crippen LogP contribution in [0.5, 0.6) is 23.0 Å². The molecule has 8 heteroatoms. The zero-order chi connectivity index (χ0) is 60.4. The molecule has 0 saturated heterocycles. The van der Waals surface area contributed by atoms with Gasteiger partial charge in [0.05, 0.1) is 46.7 Å². The lowest BCUT2D eigenvalue weighted by atomic mass is 9.83. The van der Waals surface area contributed by atoms with Crippen molar-refractivity contribution in [2.24, 2.45) is 0 Å². The molecular weight excluding hydrogens is 1030 g/mol. The molecule has 0 aliphatic rings. The predicted octanol–water partition coefficient (Wildman–Crippen LogP) is 20.5. The molecule has 10 aromatic rings.